The van der Waals surface area contributed by atoms with Crippen LogP contribution >= 0.6 is 0 Å². The van der Waals surface area contributed by atoms with E-state index in [1.807, 2.05) is 0 Å². The van der Waals surface area contributed by atoms with E-state index in [1.54, 1.807) is 26.0 Å². The summed E-state index contributed by atoms with van der Waals surface area (Å²) in [4.78, 5) is 32.1. The fourth-order valence-corrected chi connectivity index (χ4v) is 2.95. The molecule has 3 aromatic rings. The molecule has 0 aliphatic heterocycles. The van der Waals surface area contributed by atoms with Crippen LogP contribution in [-0.4, -0.2) is 34.9 Å². The minimum absolute atomic E-state index is 0.0926. The van der Waals surface area contributed by atoms with E-state index in [-0.39, 0.29) is 36.9 Å². The number of hydrogen-bond acceptors (Lipinski definition) is 5. The Hall–Kier alpha value is -3.69. The van der Waals surface area contributed by atoms with Crippen molar-refractivity contribution in [1.82, 2.24) is 15.3 Å². The number of aromatic nitrogens is 2. The van der Waals surface area contributed by atoms with Crippen molar-refractivity contribution < 1.29 is 27.5 Å². The largest absolute Gasteiger partial charge is 0.491 e. The topological polar surface area (TPSA) is 93.2 Å². The lowest BCUT2D eigenvalue weighted by atomic mass is 10.1. The maximum absolute atomic E-state index is 12.9. The number of nitrogens with zero attached hydrogens (tertiary/aromatic N) is 2. The van der Waals surface area contributed by atoms with E-state index < -0.39 is 11.7 Å². The molecule has 3 rings (SSSR count). The molecule has 0 unspecified atom stereocenters. The normalized spacial score (nSPS) is 11.3. The maximum Gasteiger partial charge on any atom is 0.416 e. The zero-order chi connectivity index (χ0) is 23.3. The standard InChI is InChI=1S/C22H21F3N4O3/c1-3-20(30)29-19-11-14(10-13(2)28-19)21(31)27-8-9-32-18-6-7-26-17-12-15(22(23,24)25)4-5-16(17)18/h4-7,10-12H,3,8-9H2,1-2H3,(H,27,31)(H,28,29,30). The van der Waals surface area contributed by atoms with Crippen molar-refractivity contribution in [2.45, 2.75) is 26.4 Å². The summed E-state index contributed by atoms with van der Waals surface area (Å²) in [5.74, 6) is 0.0670. The second-order valence-corrected chi connectivity index (χ2v) is 6.93. The SMILES string of the molecule is CCC(=O)Nc1cc(C(=O)NCCOc2ccnc3cc(C(F)(F)F)ccc23)cc(C)n1. The number of carbonyl (C=O) groups excluding carboxylic acids is 2. The number of fused-ring (bicyclic) bond motifs is 1. The van der Waals surface area contributed by atoms with Gasteiger partial charge in [0.25, 0.3) is 5.91 Å². The van der Waals surface area contributed by atoms with Gasteiger partial charge in [-0.1, -0.05) is 6.92 Å². The van der Waals surface area contributed by atoms with E-state index in [4.69, 9.17) is 4.74 Å². The lowest BCUT2D eigenvalue weighted by Crippen LogP contribution is -2.28. The van der Waals surface area contributed by atoms with Crippen LogP contribution < -0.4 is 15.4 Å². The highest BCUT2D eigenvalue weighted by molar-refractivity contribution is 5.96. The molecule has 0 atom stereocenters. The van der Waals surface area contributed by atoms with Crippen molar-refractivity contribution >= 4 is 28.5 Å². The van der Waals surface area contributed by atoms with Gasteiger partial charge < -0.3 is 15.4 Å². The molecule has 2 N–H and O–H groups in total. The predicted octanol–water partition coefficient (Wildman–Crippen LogP) is 4.11. The molecule has 168 valence electrons. The van der Waals surface area contributed by atoms with Crippen LogP contribution in [0, 0.1) is 6.92 Å². The summed E-state index contributed by atoms with van der Waals surface area (Å²) in [5, 5.41) is 5.75. The number of ether oxygens (including phenoxy) is 1. The fraction of sp³-hybridized carbons (Fsp3) is 0.273. The number of pyridine rings is 2. The van der Waals surface area contributed by atoms with Crippen molar-refractivity contribution in [1.29, 1.82) is 0 Å². The Balaban J connectivity index is 1.61. The van der Waals surface area contributed by atoms with E-state index in [1.165, 1.54) is 18.3 Å². The summed E-state index contributed by atoms with van der Waals surface area (Å²) in [5.41, 5.74) is 0.277. The highest BCUT2D eigenvalue weighted by Gasteiger charge is 2.30. The molecule has 0 aliphatic rings. The van der Waals surface area contributed by atoms with Crippen molar-refractivity contribution in [3.05, 3.63) is 59.4 Å². The lowest BCUT2D eigenvalue weighted by molar-refractivity contribution is -0.137. The van der Waals surface area contributed by atoms with Crippen molar-refractivity contribution in [2.24, 2.45) is 0 Å². The van der Waals surface area contributed by atoms with Crippen LogP contribution in [0.5, 0.6) is 5.75 Å². The summed E-state index contributed by atoms with van der Waals surface area (Å²) < 4.78 is 44.3. The summed E-state index contributed by atoms with van der Waals surface area (Å²) >= 11 is 0. The van der Waals surface area contributed by atoms with Gasteiger partial charge in [-0.05, 0) is 43.3 Å². The zero-order valence-corrected chi connectivity index (χ0v) is 17.4. The highest BCUT2D eigenvalue weighted by atomic mass is 19.4. The van der Waals surface area contributed by atoms with Gasteiger partial charge in [-0.25, -0.2) is 4.98 Å². The van der Waals surface area contributed by atoms with Crippen LogP contribution in [-0.2, 0) is 11.0 Å². The van der Waals surface area contributed by atoms with Crippen LogP contribution in [0.4, 0.5) is 19.0 Å². The summed E-state index contributed by atoms with van der Waals surface area (Å²) in [6, 6.07) is 7.86. The third-order valence-corrected chi connectivity index (χ3v) is 4.48. The van der Waals surface area contributed by atoms with Gasteiger partial charge in [0.1, 0.15) is 18.2 Å². The van der Waals surface area contributed by atoms with Crippen molar-refractivity contribution in [2.75, 3.05) is 18.5 Å². The number of halogens is 3. The summed E-state index contributed by atoms with van der Waals surface area (Å²) in [6.45, 7) is 3.66. The molecule has 0 saturated carbocycles. The molecule has 0 fully saturated rings. The van der Waals surface area contributed by atoms with Crippen LogP contribution in [0.2, 0.25) is 0 Å². The van der Waals surface area contributed by atoms with Gasteiger partial charge in [0.2, 0.25) is 5.91 Å². The van der Waals surface area contributed by atoms with E-state index in [2.05, 4.69) is 20.6 Å². The van der Waals surface area contributed by atoms with Gasteiger partial charge in [-0.3, -0.25) is 14.6 Å². The van der Waals surface area contributed by atoms with E-state index in [9.17, 15) is 22.8 Å². The average Bonchev–Trinajstić information content (AvgIpc) is 2.75. The molecule has 2 heterocycles. The second-order valence-electron chi connectivity index (χ2n) is 6.93. The second kappa shape index (κ2) is 9.63. The fourth-order valence-electron chi connectivity index (χ4n) is 2.95. The minimum atomic E-state index is -4.46. The number of rotatable bonds is 7. The Labute approximate surface area is 182 Å². The first-order valence-corrected chi connectivity index (χ1v) is 9.83. The van der Waals surface area contributed by atoms with Crippen molar-refractivity contribution in [3.8, 4) is 5.75 Å². The van der Waals surface area contributed by atoms with Crippen LogP contribution in [0.15, 0.2) is 42.6 Å². The summed E-state index contributed by atoms with van der Waals surface area (Å²) in [7, 11) is 0. The molecule has 2 aromatic heterocycles. The molecule has 2 amide bonds. The van der Waals surface area contributed by atoms with E-state index >= 15 is 0 Å². The molecule has 10 heteroatoms. The quantitative estimate of drug-likeness (QED) is 0.533. The monoisotopic (exact) mass is 446 g/mol. The van der Waals surface area contributed by atoms with Crippen LogP contribution in [0.3, 0.4) is 0 Å². The van der Waals surface area contributed by atoms with Gasteiger partial charge in [-0.15, -0.1) is 0 Å². The smallest absolute Gasteiger partial charge is 0.416 e. The summed E-state index contributed by atoms with van der Waals surface area (Å²) in [6.07, 6.45) is -2.81. The molecule has 7 nitrogen and oxygen atoms in total. The Kier molecular flexibility index (Phi) is 6.92. The van der Waals surface area contributed by atoms with Gasteiger partial charge in [0, 0.05) is 29.3 Å². The molecule has 1 aromatic carbocycles. The Morgan fingerprint density at radius 2 is 1.91 bits per heavy atom. The molecule has 0 aliphatic carbocycles. The number of benzene rings is 1. The predicted molar refractivity (Wildman–Crippen MR) is 112 cm³/mol. The lowest BCUT2D eigenvalue weighted by Gasteiger charge is -2.12. The Bertz CT molecular complexity index is 1150. The van der Waals surface area contributed by atoms with Crippen LogP contribution in [0.25, 0.3) is 10.9 Å². The third kappa shape index (κ3) is 5.71. The molecular weight excluding hydrogens is 425 g/mol. The molecule has 32 heavy (non-hydrogen) atoms. The maximum atomic E-state index is 12.9. The first-order valence-electron chi connectivity index (χ1n) is 9.83. The van der Waals surface area contributed by atoms with Crippen molar-refractivity contribution in [3.63, 3.8) is 0 Å². The minimum Gasteiger partial charge on any atom is -0.491 e. The molecule has 0 spiro atoms. The molecule has 0 bridgehead atoms. The third-order valence-electron chi connectivity index (χ3n) is 4.48. The van der Waals surface area contributed by atoms with Gasteiger partial charge in [-0.2, -0.15) is 13.2 Å². The molecule has 0 radical (unpaired) electrons. The zero-order valence-electron chi connectivity index (χ0n) is 17.4. The van der Waals surface area contributed by atoms with E-state index in [0.29, 0.717) is 28.2 Å². The van der Waals surface area contributed by atoms with E-state index in [0.717, 1.165) is 12.1 Å². The van der Waals surface area contributed by atoms with Gasteiger partial charge in [0.15, 0.2) is 0 Å². The number of nitrogens with one attached hydrogen (secondary N) is 2. The Morgan fingerprint density at radius 1 is 1.12 bits per heavy atom. The first kappa shape index (κ1) is 23.0. The first-order chi connectivity index (χ1) is 15.2. The number of anilines is 1. The highest BCUT2D eigenvalue weighted by Crippen LogP contribution is 2.33. The number of aryl methyl sites for hydroxylation is 1. The average molecular weight is 446 g/mol. The molecule has 0 saturated heterocycles. The van der Waals surface area contributed by atoms with Gasteiger partial charge in [0.05, 0.1) is 17.6 Å². The number of carbonyl (C=O) groups is 2. The number of hydrogen-bond donors (Lipinski definition) is 2. The number of alkyl halides is 3. The number of amides is 2. The van der Waals surface area contributed by atoms with Crippen LogP contribution in [0.1, 0.15) is 35.0 Å². The Morgan fingerprint density at radius 3 is 2.62 bits per heavy atom. The van der Waals surface area contributed by atoms with Gasteiger partial charge >= 0.3 is 6.18 Å². The molecular formula is C22H21F3N4O3.